The van der Waals surface area contributed by atoms with E-state index in [9.17, 15) is 9.46 Å². The van der Waals surface area contributed by atoms with Crippen molar-refractivity contribution in [3.63, 3.8) is 0 Å². The maximum absolute atomic E-state index is 12.2. The van der Waals surface area contributed by atoms with Crippen molar-refractivity contribution >= 4 is 50.1 Å². The molecule has 7 heteroatoms. The van der Waals surface area contributed by atoms with E-state index in [1.165, 1.54) is 11.3 Å². The van der Waals surface area contributed by atoms with Crippen LogP contribution in [0.2, 0.25) is 0 Å². The molecule has 0 spiro atoms. The molecule has 0 aliphatic carbocycles. The zero-order valence-electron chi connectivity index (χ0n) is 9.57. The first-order chi connectivity index (χ1) is 8.63. The summed E-state index contributed by atoms with van der Waals surface area (Å²) in [5.74, 6) is 0. The van der Waals surface area contributed by atoms with Gasteiger partial charge in [0.15, 0.2) is 0 Å². The molecule has 1 aromatic carbocycles. The van der Waals surface area contributed by atoms with Crippen molar-refractivity contribution in [2.75, 3.05) is 6.61 Å². The van der Waals surface area contributed by atoms with Gasteiger partial charge >= 0.3 is 17.2 Å². The van der Waals surface area contributed by atoms with Gasteiger partial charge in [-0.15, -0.1) is 4.40 Å². The summed E-state index contributed by atoms with van der Waals surface area (Å²) in [6.45, 7) is 1.93. The van der Waals surface area contributed by atoms with Crippen molar-refractivity contribution in [1.29, 1.82) is 0 Å². The molecule has 1 N–H and O–H groups in total. The molecule has 0 saturated heterocycles. The normalized spacial score (nSPS) is 15.2. The summed E-state index contributed by atoms with van der Waals surface area (Å²) in [5.41, 5.74) is 1.30. The number of benzene rings is 1. The van der Waals surface area contributed by atoms with Crippen molar-refractivity contribution in [3.05, 3.63) is 29.6 Å². The third kappa shape index (κ3) is 1.81. The first-order valence-corrected chi connectivity index (χ1v) is 8.69. The Morgan fingerprint density at radius 1 is 1.44 bits per heavy atom. The van der Waals surface area contributed by atoms with Crippen LogP contribution in [-0.2, 0) is 9.09 Å². The van der Waals surface area contributed by atoms with Crippen LogP contribution >= 0.6 is 30.3 Å². The molecule has 3 aromatic rings. The number of thiazole rings is 2. The van der Waals surface area contributed by atoms with E-state index in [-0.39, 0.29) is 6.61 Å². The molecule has 3 rings (SSSR count). The van der Waals surface area contributed by atoms with Crippen molar-refractivity contribution in [2.45, 2.75) is 6.92 Å². The Hall–Kier alpha value is -0.780. The Balaban J connectivity index is 2.33. The van der Waals surface area contributed by atoms with Gasteiger partial charge in [-0.05, 0) is 13.0 Å². The molecule has 94 valence electrons. The van der Waals surface area contributed by atoms with E-state index in [1.807, 2.05) is 28.7 Å². The number of para-hydroxylation sites is 1. The lowest BCUT2D eigenvalue weighted by Crippen LogP contribution is -2.35. The van der Waals surface area contributed by atoms with E-state index >= 15 is 0 Å². The Labute approximate surface area is 112 Å². The number of aromatic nitrogens is 1. The van der Waals surface area contributed by atoms with Crippen LogP contribution in [0, 0.1) is 0 Å². The van der Waals surface area contributed by atoms with E-state index in [0.29, 0.717) is 5.44 Å². The number of hydrogen-bond donors (Lipinski definition) is 1. The second-order valence-electron chi connectivity index (χ2n) is 3.70. The van der Waals surface area contributed by atoms with Crippen LogP contribution in [0.1, 0.15) is 6.92 Å². The zero-order valence-corrected chi connectivity index (χ0v) is 12.1. The lowest BCUT2D eigenvalue weighted by molar-refractivity contribution is -0.453. The van der Waals surface area contributed by atoms with Crippen molar-refractivity contribution in [3.8, 4) is 0 Å². The van der Waals surface area contributed by atoms with Gasteiger partial charge in [0.1, 0.15) is 4.70 Å². The van der Waals surface area contributed by atoms with Crippen LogP contribution < -0.4 is 9.84 Å². The van der Waals surface area contributed by atoms with Crippen LogP contribution in [-0.4, -0.2) is 11.5 Å². The minimum atomic E-state index is -3.73. The van der Waals surface area contributed by atoms with Crippen molar-refractivity contribution < 1.29 is 18.4 Å². The highest BCUT2D eigenvalue weighted by Gasteiger charge is 2.36. The fourth-order valence-electron chi connectivity index (χ4n) is 1.85. The number of fused-ring (bicyclic) bond motifs is 3. The molecule has 0 aliphatic heterocycles. The molecular weight excluding hydrogens is 289 g/mol. The standard InChI is InChI=1S/C11H10NO3PS2/c1-2-15-16(13,14)10-7-17-11-12(10)8-5-3-4-6-9(8)18-11/h3-7H,2H2,1H3/p+1. The lowest BCUT2D eigenvalue weighted by atomic mass is 10.3. The Bertz CT molecular complexity index is 764. The third-order valence-electron chi connectivity index (χ3n) is 2.57. The Morgan fingerprint density at radius 3 is 3.00 bits per heavy atom. The molecule has 18 heavy (non-hydrogen) atoms. The number of rotatable bonds is 3. The minimum Gasteiger partial charge on any atom is -0.317 e. The summed E-state index contributed by atoms with van der Waals surface area (Å²) >= 11 is 3.07. The molecule has 4 nitrogen and oxygen atoms in total. The molecule has 2 heterocycles. The van der Waals surface area contributed by atoms with E-state index in [2.05, 4.69) is 0 Å². The van der Waals surface area contributed by atoms with Gasteiger partial charge in [-0.25, -0.2) is 4.57 Å². The quantitative estimate of drug-likeness (QED) is 0.597. The van der Waals surface area contributed by atoms with Gasteiger partial charge in [-0.2, -0.15) is 0 Å². The van der Waals surface area contributed by atoms with Gasteiger partial charge in [-0.3, -0.25) is 0 Å². The summed E-state index contributed by atoms with van der Waals surface area (Å²) < 4.78 is 21.1. The smallest absolute Gasteiger partial charge is 0.317 e. The van der Waals surface area contributed by atoms with Crippen LogP contribution in [0.4, 0.5) is 0 Å². The van der Waals surface area contributed by atoms with Crippen molar-refractivity contribution in [1.82, 2.24) is 0 Å². The van der Waals surface area contributed by atoms with Crippen LogP contribution in [0.3, 0.4) is 0 Å². The second kappa shape index (κ2) is 4.40. The van der Waals surface area contributed by atoms with Gasteiger partial charge in [0.05, 0.1) is 12.0 Å². The molecule has 0 amide bonds. The molecule has 0 aliphatic rings. The molecule has 1 unspecified atom stereocenters. The first-order valence-electron chi connectivity index (χ1n) is 5.42. The predicted molar refractivity (Wildman–Crippen MR) is 73.9 cm³/mol. The van der Waals surface area contributed by atoms with E-state index in [1.54, 1.807) is 23.6 Å². The average Bonchev–Trinajstić information content (AvgIpc) is 2.86. The summed E-state index contributed by atoms with van der Waals surface area (Å²) in [6, 6.07) is 7.84. The second-order valence-corrected chi connectivity index (χ2v) is 7.61. The largest absolute Gasteiger partial charge is 0.423 e. The number of nitrogens with zero attached hydrogens (tertiary/aromatic N) is 1. The van der Waals surface area contributed by atoms with E-state index < -0.39 is 7.60 Å². The fraction of sp³-hybridized carbons (Fsp3) is 0.182. The maximum atomic E-state index is 12.2. The van der Waals surface area contributed by atoms with E-state index in [0.717, 1.165) is 14.4 Å². The summed E-state index contributed by atoms with van der Waals surface area (Å²) in [7, 11) is -3.73. The number of hydrogen-bond acceptors (Lipinski definition) is 4. The maximum Gasteiger partial charge on any atom is 0.423 e. The SMILES string of the molecule is CCOP(=O)(O)c1csc2sc3ccccc3[n+]12. The molecule has 0 radical (unpaired) electrons. The van der Waals surface area contributed by atoms with Crippen LogP contribution in [0.5, 0.6) is 0 Å². The predicted octanol–water partition coefficient (Wildman–Crippen LogP) is 2.55. The van der Waals surface area contributed by atoms with Crippen molar-refractivity contribution in [2.24, 2.45) is 0 Å². The molecule has 0 bridgehead atoms. The van der Waals surface area contributed by atoms with Gasteiger partial charge in [-0.1, -0.05) is 34.8 Å². The fourth-order valence-corrected chi connectivity index (χ4v) is 5.73. The highest BCUT2D eigenvalue weighted by Crippen LogP contribution is 2.41. The zero-order chi connectivity index (χ0) is 12.8. The summed E-state index contributed by atoms with van der Waals surface area (Å²) in [5, 5.41) is 1.70. The Kier molecular flexibility index (Phi) is 3.00. The average molecular weight is 300 g/mol. The summed E-state index contributed by atoms with van der Waals surface area (Å²) in [6.07, 6.45) is 0. The highest BCUT2D eigenvalue weighted by atomic mass is 32.2. The highest BCUT2D eigenvalue weighted by molar-refractivity contribution is 7.61. The molecular formula is C11H11NO3PS2+. The summed E-state index contributed by atoms with van der Waals surface area (Å²) in [4.78, 5) is 9.97. The van der Waals surface area contributed by atoms with Crippen LogP contribution in [0.15, 0.2) is 29.6 Å². The molecule has 1 atom stereocenters. The third-order valence-corrected chi connectivity index (χ3v) is 6.45. The van der Waals surface area contributed by atoms with Crippen LogP contribution in [0.25, 0.3) is 14.4 Å². The lowest BCUT2D eigenvalue weighted by Gasteiger charge is -2.03. The first kappa shape index (κ1) is 12.3. The van der Waals surface area contributed by atoms with Gasteiger partial charge in [0.25, 0.3) is 0 Å². The monoisotopic (exact) mass is 300 g/mol. The van der Waals surface area contributed by atoms with Gasteiger partial charge in [0, 0.05) is 6.07 Å². The van der Waals surface area contributed by atoms with E-state index in [4.69, 9.17) is 4.52 Å². The Morgan fingerprint density at radius 2 is 2.22 bits per heavy atom. The molecule has 0 fully saturated rings. The van der Waals surface area contributed by atoms with Gasteiger partial charge < -0.3 is 9.42 Å². The topological polar surface area (TPSA) is 50.6 Å². The minimum absolute atomic E-state index is 0.216. The van der Waals surface area contributed by atoms with Gasteiger partial charge in [0.2, 0.25) is 5.52 Å². The molecule has 0 saturated carbocycles. The molecule has 2 aromatic heterocycles.